The second-order valence-corrected chi connectivity index (χ2v) is 6.68. The fourth-order valence-electron chi connectivity index (χ4n) is 3.65. The van der Waals surface area contributed by atoms with Gasteiger partial charge in [-0.15, -0.1) is 11.3 Å². The van der Waals surface area contributed by atoms with Crippen LogP contribution in [0.4, 0.5) is 0 Å². The lowest BCUT2D eigenvalue weighted by molar-refractivity contribution is 0.0945. The summed E-state index contributed by atoms with van der Waals surface area (Å²) in [7, 11) is 0. The van der Waals surface area contributed by atoms with E-state index in [1.54, 1.807) is 0 Å². The lowest BCUT2D eigenvalue weighted by Crippen LogP contribution is -2.31. The van der Waals surface area contributed by atoms with Crippen LogP contribution in [0.15, 0.2) is 11.4 Å². The number of carbonyl (C=O) groups is 1. The van der Waals surface area contributed by atoms with Gasteiger partial charge in [0.2, 0.25) is 0 Å². The third-order valence-electron chi connectivity index (χ3n) is 4.58. The highest BCUT2D eigenvalue weighted by Crippen LogP contribution is 2.47. The number of hydrogen-bond acceptors (Lipinski definition) is 3. The van der Waals surface area contributed by atoms with E-state index in [-0.39, 0.29) is 12.5 Å². The monoisotopic (exact) mass is 289 g/mol. The Bertz CT molecular complexity index is 554. The van der Waals surface area contributed by atoms with E-state index in [9.17, 15) is 4.79 Å². The third kappa shape index (κ3) is 2.74. The van der Waals surface area contributed by atoms with Gasteiger partial charge in [0.05, 0.1) is 0 Å². The molecule has 2 saturated carbocycles. The standard InChI is InChI=1S/C16H19NO2S/c18-6-1-2-12-5-7-20-15(12)16(19)17-10-14-9-11-3-4-13(14)8-11/h5,7,11,13-14,18H,3-4,6,8-10H2,(H,17,19). The maximum atomic E-state index is 12.2. The number of nitrogens with one attached hydrogen (secondary N) is 1. The molecule has 0 aromatic carbocycles. The zero-order chi connectivity index (χ0) is 13.9. The van der Waals surface area contributed by atoms with E-state index in [2.05, 4.69) is 17.2 Å². The molecule has 2 fully saturated rings. The lowest BCUT2D eigenvalue weighted by atomic mass is 9.89. The Hall–Kier alpha value is -1.31. The molecule has 2 N–H and O–H groups in total. The number of aliphatic hydroxyl groups excluding tert-OH is 1. The van der Waals surface area contributed by atoms with Gasteiger partial charge in [0.1, 0.15) is 11.5 Å². The number of aliphatic hydroxyl groups is 1. The van der Waals surface area contributed by atoms with Crippen molar-refractivity contribution in [3.63, 3.8) is 0 Å². The molecular weight excluding hydrogens is 270 g/mol. The van der Waals surface area contributed by atoms with Gasteiger partial charge in [-0.05, 0) is 48.5 Å². The number of hydrogen-bond donors (Lipinski definition) is 2. The Morgan fingerprint density at radius 1 is 1.45 bits per heavy atom. The molecule has 2 bridgehead atoms. The fraction of sp³-hybridized carbons (Fsp3) is 0.562. The molecule has 1 aromatic heterocycles. The van der Waals surface area contributed by atoms with Gasteiger partial charge in [-0.3, -0.25) is 4.79 Å². The molecule has 0 spiro atoms. The highest BCUT2D eigenvalue weighted by Gasteiger charge is 2.39. The fourth-order valence-corrected chi connectivity index (χ4v) is 4.41. The van der Waals surface area contributed by atoms with Crippen LogP contribution in [0.5, 0.6) is 0 Å². The molecule has 3 rings (SSSR count). The third-order valence-corrected chi connectivity index (χ3v) is 5.50. The van der Waals surface area contributed by atoms with E-state index in [1.807, 2.05) is 11.4 Å². The van der Waals surface area contributed by atoms with Gasteiger partial charge in [0, 0.05) is 12.1 Å². The van der Waals surface area contributed by atoms with E-state index in [0.29, 0.717) is 10.8 Å². The predicted octanol–water partition coefficient (Wildman–Crippen LogP) is 2.26. The van der Waals surface area contributed by atoms with Crippen LogP contribution in [0.25, 0.3) is 0 Å². The van der Waals surface area contributed by atoms with Crippen molar-refractivity contribution in [3.05, 3.63) is 21.9 Å². The van der Waals surface area contributed by atoms with Crippen LogP contribution in [-0.4, -0.2) is 24.2 Å². The average Bonchev–Trinajstić information content (AvgIpc) is 3.17. The molecule has 3 nitrogen and oxygen atoms in total. The van der Waals surface area contributed by atoms with Gasteiger partial charge >= 0.3 is 0 Å². The van der Waals surface area contributed by atoms with Crippen molar-refractivity contribution in [2.24, 2.45) is 17.8 Å². The van der Waals surface area contributed by atoms with Crippen LogP contribution < -0.4 is 5.32 Å². The molecule has 4 heteroatoms. The second-order valence-electron chi connectivity index (χ2n) is 5.77. The van der Waals surface area contributed by atoms with Gasteiger partial charge in [0.25, 0.3) is 5.91 Å². The summed E-state index contributed by atoms with van der Waals surface area (Å²) < 4.78 is 0. The van der Waals surface area contributed by atoms with Crippen LogP contribution in [0, 0.1) is 29.6 Å². The highest BCUT2D eigenvalue weighted by atomic mass is 32.1. The van der Waals surface area contributed by atoms with Crippen molar-refractivity contribution in [1.29, 1.82) is 0 Å². The second kappa shape index (κ2) is 5.99. The molecule has 0 saturated heterocycles. The van der Waals surface area contributed by atoms with Crippen molar-refractivity contribution in [2.45, 2.75) is 25.7 Å². The van der Waals surface area contributed by atoms with E-state index < -0.39 is 0 Å². The van der Waals surface area contributed by atoms with Crippen LogP contribution in [0.1, 0.15) is 40.9 Å². The summed E-state index contributed by atoms with van der Waals surface area (Å²) in [5.41, 5.74) is 0.717. The van der Waals surface area contributed by atoms with Gasteiger partial charge in [-0.1, -0.05) is 18.3 Å². The quantitative estimate of drug-likeness (QED) is 0.839. The molecule has 3 atom stereocenters. The number of thiophene rings is 1. The van der Waals surface area contributed by atoms with Crippen molar-refractivity contribution in [3.8, 4) is 11.8 Å². The van der Waals surface area contributed by atoms with Crippen molar-refractivity contribution < 1.29 is 9.90 Å². The minimum atomic E-state index is -0.179. The van der Waals surface area contributed by atoms with E-state index in [1.165, 1.54) is 37.0 Å². The molecule has 2 aliphatic rings. The molecule has 106 valence electrons. The molecule has 3 unspecified atom stereocenters. The van der Waals surface area contributed by atoms with Crippen LogP contribution in [0.2, 0.25) is 0 Å². The van der Waals surface area contributed by atoms with Gasteiger partial charge in [0.15, 0.2) is 0 Å². The van der Waals surface area contributed by atoms with Gasteiger partial charge < -0.3 is 10.4 Å². The van der Waals surface area contributed by atoms with Crippen LogP contribution >= 0.6 is 11.3 Å². The lowest BCUT2D eigenvalue weighted by Gasteiger charge is -2.21. The summed E-state index contributed by atoms with van der Waals surface area (Å²) in [4.78, 5) is 12.9. The summed E-state index contributed by atoms with van der Waals surface area (Å²) in [5.74, 6) is 7.82. The summed E-state index contributed by atoms with van der Waals surface area (Å²) in [6.45, 7) is 0.618. The summed E-state index contributed by atoms with van der Waals surface area (Å²) in [6, 6.07) is 1.83. The Kier molecular flexibility index (Phi) is 4.09. The van der Waals surface area contributed by atoms with E-state index >= 15 is 0 Å². The maximum Gasteiger partial charge on any atom is 0.262 e. The van der Waals surface area contributed by atoms with Crippen molar-refractivity contribution in [2.75, 3.05) is 13.2 Å². The summed E-state index contributed by atoms with van der Waals surface area (Å²) >= 11 is 1.41. The Labute approximate surface area is 123 Å². The van der Waals surface area contributed by atoms with E-state index in [0.717, 1.165) is 23.9 Å². The zero-order valence-electron chi connectivity index (χ0n) is 11.4. The Morgan fingerprint density at radius 3 is 3.05 bits per heavy atom. The largest absolute Gasteiger partial charge is 0.384 e. The van der Waals surface area contributed by atoms with Crippen LogP contribution in [-0.2, 0) is 0 Å². The molecule has 1 heterocycles. The Morgan fingerprint density at radius 2 is 2.35 bits per heavy atom. The molecular formula is C16H19NO2S. The smallest absolute Gasteiger partial charge is 0.262 e. The minimum Gasteiger partial charge on any atom is -0.384 e. The van der Waals surface area contributed by atoms with Crippen molar-refractivity contribution in [1.82, 2.24) is 5.32 Å². The van der Waals surface area contributed by atoms with Crippen molar-refractivity contribution >= 4 is 17.2 Å². The zero-order valence-corrected chi connectivity index (χ0v) is 12.2. The van der Waals surface area contributed by atoms with Gasteiger partial charge in [-0.2, -0.15) is 0 Å². The van der Waals surface area contributed by atoms with Gasteiger partial charge in [-0.25, -0.2) is 0 Å². The first kappa shape index (κ1) is 13.7. The van der Waals surface area contributed by atoms with Crippen LogP contribution in [0.3, 0.4) is 0 Å². The summed E-state index contributed by atoms with van der Waals surface area (Å²) in [6.07, 6.45) is 5.39. The highest BCUT2D eigenvalue weighted by molar-refractivity contribution is 7.12. The molecule has 0 radical (unpaired) electrons. The molecule has 1 amide bonds. The number of rotatable bonds is 3. The predicted molar refractivity (Wildman–Crippen MR) is 79.6 cm³/mol. The average molecular weight is 289 g/mol. The maximum absolute atomic E-state index is 12.2. The number of carbonyl (C=O) groups excluding carboxylic acids is 1. The first-order valence-corrected chi connectivity index (χ1v) is 8.11. The number of fused-ring (bicyclic) bond motifs is 2. The molecule has 1 aromatic rings. The normalized spacial score (nSPS) is 27.1. The first-order chi connectivity index (χ1) is 9.78. The summed E-state index contributed by atoms with van der Waals surface area (Å²) in [5, 5.41) is 13.7. The molecule has 2 aliphatic carbocycles. The molecule has 0 aliphatic heterocycles. The first-order valence-electron chi connectivity index (χ1n) is 7.23. The Balaban J connectivity index is 1.58. The topological polar surface area (TPSA) is 49.3 Å². The SMILES string of the molecule is O=C(NCC1CC2CCC1C2)c1sccc1C#CCO. The minimum absolute atomic E-state index is 0.0231. The van der Waals surface area contributed by atoms with E-state index in [4.69, 9.17) is 5.11 Å². The number of amides is 1. The molecule has 20 heavy (non-hydrogen) atoms.